The van der Waals surface area contributed by atoms with Crippen LogP contribution in [0.4, 0.5) is 22.1 Å². The molecule has 28 heavy (non-hydrogen) atoms. The van der Waals surface area contributed by atoms with Crippen molar-refractivity contribution in [3.63, 3.8) is 0 Å². The summed E-state index contributed by atoms with van der Waals surface area (Å²) in [6.45, 7) is 9.14. The Morgan fingerprint density at radius 2 is 1.68 bits per heavy atom. The maximum absolute atomic E-state index is 12.1. The van der Waals surface area contributed by atoms with Crippen LogP contribution in [-0.4, -0.2) is 42.2 Å². The number of urea groups is 1. The standard InChI is InChI=1S/C21H30N6O/c1-15-11-16(2)13-18(12-15)26-21(28)23-8-7-22-19-14-20(25-17(3)24-19)27-9-5-4-6-10-27/h11-14H,4-10H2,1-3H3,(H,22,24,25)(H2,23,26,28). The average molecular weight is 383 g/mol. The third kappa shape index (κ3) is 5.84. The van der Waals surface area contributed by atoms with Crippen molar-refractivity contribution >= 4 is 23.4 Å². The van der Waals surface area contributed by atoms with E-state index >= 15 is 0 Å². The molecule has 0 bridgehead atoms. The second kappa shape index (κ2) is 9.39. The Hall–Kier alpha value is -2.83. The van der Waals surface area contributed by atoms with Crippen molar-refractivity contribution in [2.24, 2.45) is 0 Å². The van der Waals surface area contributed by atoms with Crippen molar-refractivity contribution < 1.29 is 4.79 Å². The van der Waals surface area contributed by atoms with Crippen LogP contribution in [0.25, 0.3) is 0 Å². The first kappa shape index (κ1) is 19.9. The van der Waals surface area contributed by atoms with Gasteiger partial charge in [-0.3, -0.25) is 0 Å². The first-order valence-corrected chi connectivity index (χ1v) is 9.97. The number of aromatic nitrogens is 2. The van der Waals surface area contributed by atoms with E-state index in [1.807, 2.05) is 39.0 Å². The SMILES string of the molecule is Cc1cc(C)cc(NC(=O)NCCNc2cc(N3CCCCC3)nc(C)n2)c1. The van der Waals surface area contributed by atoms with E-state index in [-0.39, 0.29) is 6.03 Å². The third-order valence-corrected chi connectivity index (χ3v) is 4.70. The molecule has 7 heteroatoms. The fourth-order valence-electron chi connectivity index (χ4n) is 3.52. The van der Waals surface area contributed by atoms with Crippen LogP contribution in [0.2, 0.25) is 0 Å². The summed E-state index contributed by atoms with van der Waals surface area (Å²) < 4.78 is 0. The van der Waals surface area contributed by atoms with Crippen LogP contribution in [0.3, 0.4) is 0 Å². The molecule has 1 aromatic heterocycles. The number of benzene rings is 1. The quantitative estimate of drug-likeness (QED) is 0.665. The lowest BCUT2D eigenvalue weighted by Crippen LogP contribution is -2.33. The number of anilines is 3. The molecule has 0 atom stereocenters. The van der Waals surface area contributed by atoms with Crippen LogP contribution in [0.1, 0.15) is 36.2 Å². The summed E-state index contributed by atoms with van der Waals surface area (Å²) in [5.41, 5.74) is 3.06. The number of carbonyl (C=O) groups is 1. The maximum atomic E-state index is 12.1. The Morgan fingerprint density at radius 3 is 2.39 bits per heavy atom. The van der Waals surface area contributed by atoms with Crippen LogP contribution in [0.15, 0.2) is 24.3 Å². The molecule has 0 unspecified atom stereocenters. The van der Waals surface area contributed by atoms with E-state index in [9.17, 15) is 4.79 Å². The first-order valence-electron chi connectivity index (χ1n) is 9.97. The molecule has 2 amide bonds. The molecule has 1 aliphatic heterocycles. The lowest BCUT2D eigenvalue weighted by molar-refractivity contribution is 0.252. The van der Waals surface area contributed by atoms with Gasteiger partial charge in [-0.05, 0) is 63.3 Å². The highest BCUT2D eigenvalue weighted by Gasteiger charge is 2.13. The zero-order chi connectivity index (χ0) is 19.9. The molecule has 3 rings (SSSR count). The zero-order valence-electron chi connectivity index (χ0n) is 17.0. The third-order valence-electron chi connectivity index (χ3n) is 4.70. The van der Waals surface area contributed by atoms with Crippen LogP contribution in [0, 0.1) is 20.8 Å². The van der Waals surface area contributed by atoms with E-state index in [0.29, 0.717) is 13.1 Å². The Morgan fingerprint density at radius 1 is 0.964 bits per heavy atom. The summed E-state index contributed by atoms with van der Waals surface area (Å²) >= 11 is 0. The highest BCUT2D eigenvalue weighted by molar-refractivity contribution is 5.89. The van der Waals surface area contributed by atoms with E-state index in [0.717, 1.165) is 47.4 Å². The van der Waals surface area contributed by atoms with Gasteiger partial charge in [0.15, 0.2) is 0 Å². The number of piperidine rings is 1. The van der Waals surface area contributed by atoms with E-state index in [1.54, 1.807) is 0 Å². The Kier molecular flexibility index (Phi) is 6.68. The van der Waals surface area contributed by atoms with Crippen LogP contribution in [-0.2, 0) is 0 Å². The number of aryl methyl sites for hydroxylation is 3. The second-order valence-corrected chi connectivity index (χ2v) is 7.39. The first-order chi connectivity index (χ1) is 13.5. The van der Waals surface area contributed by atoms with Crippen LogP contribution < -0.4 is 20.9 Å². The van der Waals surface area contributed by atoms with E-state index < -0.39 is 0 Å². The summed E-state index contributed by atoms with van der Waals surface area (Å²) in [7, 11) is 0. The Balaban J connectivity index is 1.46. The molecule has 0 aliphatic carbocycles. The predicted octanol–water partition coefficient (Wildman–Crippen LogP) is 3.63. The van der Waals surface area contributed by atoms with Crippen molar-refractivity contribution in [1.82, 2.24) is 15.3 Å². The normalized spacial score (nSPS) is 13.9. The summed E-state index contributed by atoms with van der Waals surface area (Å²) in [5, 5.41) is 9.02. The lowest BCUT2D eigenvalue weighted by atomic mass is 10.1. The molecule has 1 fully saturated rings. The number of hydrogen-bond acceptors (Lipinski definition) is 5. The van der Waals surface area contributed by atoms with Crippen LogP contribution in [0.5, 0.6) is 0 Å². The molecule has 1 aliphatic rings. The average Bonchev–Trinajstić information content (AvgIpc) is 2.65. The molecule has 0 radical (unpaired) electrons. The maximum Gasteiger partial charge on any atom is 0.319 e. The predicted molar refractivity (Wildman–Crippen MR) is 114 cm³/mol. The van der Waals surface area contributed by atoms with Crippen molar-refractivity contribution in [1.29, 1.82) is 0 Å². The molecule has 0 saturated carbocycles. The van der Waals surface area contributed by atoms with E-state index in [4.69, 9.17) is 0 Å². The van der Waals surface area contributed by atoms with Gasteiger partial charge in [0.25, 0.3) is 0 Å². The molecule has 1 aromatic carbocycles. The van der Waals surface area contributed by atoms with Gasteiger partial charge in [0.05, 0.1) is 0 Å². The number of carbonyl (C=O) groups excluding carboxylic acids is 1. The zero-order valence-corrected chi connectivity index (χ0v) is 17.0. The lowest BCUT2D eigenvalue weighted by Gasteiger charge is -2.28. The topological polar surface area (TPSA) is 82.2 Å². The monoisotopic (exact) mass is 382 g/mol. The minimum absolute atomic E-state index is 0.209. The summed E-state index contributed by atoms with van der Waals surface area (Å²) in [6.07, 6.45) is 3.72. The minimum Gasteiger partial charge on any atom is -0.368 e. The summed E-state index contributed by atoms with van der Waals surface area (Å²) in [5.74, 6) is 2.53. The van der Waals surface area contributed by atoms with Crippen molar-refractivity contribution in [3.05, 3.63) is 41.2 Å². The molecule has 150 valence electrons. The van der Waals surface area contributed by atoms with E-state index in [1.165, 1.54) is 19.3 Å². The van der Waals surface area contributed by atoms with Gasteiger partial charge in [0.1, 0.15) is 17.5 Å². The second-order valence-electron chi connectivity index (χ2n) is 7.39. The fourth-order valence-corrected chi connectivity index (χ4v) is 3.52. The van der Waals surface area contributed by atoms with E-state index in [2.05, 4.69) is 36.9 Å². The molecule has 1 saturated heterocycles. The smallest absolute Gasteiger partial charge is 0.319 e. The molecular weight excluding hydrogens is 352 g/mol. The number of nitrogens with zero attached hydrogens (tertiary/aromatic N) is 3. The van der Waals surface area contributed by atoms with Gasteiger partial charge in [-0.25, -0.2) is 14.8 Å². The molecular formula is C21H30N6O. The molecule has 7 nitrogen and oxygen atoms in total. The fraction of sp³-hybridized carbons (Fsp3) is 0.476. The van der Waals surface area contributed by atoms with Gasteiger partial charge in [-0.15, -0.1) is 0 Å². The van der Waals surface area contributed by atoms with Crippen molar-refractivity contribution in [3.8, 4) is 0 Å². The molecule has 2 heterocycles. The van der Waals surface area contributed by atoms with Gasteiger partial charge in [0, 0.05) is 37.9 Å². The highest BCUT2D eigenvalue weighted by Crippen LogP contribution is 2.20. The summed E-state index contributed by atoms with van der Waals surface area (Å²) in [6, 6.07) is 7.77. The number of nitrogens with one attached hydrogen (secondary N) is 3. The molecule has 2 aromatic rings. The molecule has 3 N–H and O–H groups in total. The van der Waals surface area contributed by atoms with Gasteiger partial charge in [0.2, 0.25) is 0 Å². The number of rotatable bonds is 6. The number of amides is 2. The Bertz CT molecular complexity index is 796. The van der Waals surface area contributed by atoms with Gasteiger partial charge in [-0.1, -0.05) is 6.07 Å². The van der Waals surface area contributed by atoms with Crippen LogP contribution >= 0.6 is 0 Å². The van der Waals surface area contributed by atoms with Gasteiger partial charge >= 0.3 is 6.03 Å². The number of hydrogen-bond donors (Lipinski definition) is 3. The largest absolute Gasteiger partial charge is 0.368 e. The Labute approximate surface area is 167 Å². The van der Waals surface area contributed by atoms with Crippen molar-refractivity contribution in [2.45, 2.75) is 40.0 Å². The molecule has 0 spiro atoms. The van der Waals surface area contributed by atoms with Crippen molar-refractivity contribution in [2.75, 3.05) is 41.7 Å². The van der Waals surface area contributed by atoms with Gasteiger partial charge in [-0.2, -0.15) is 0 Å². The van der Waals surface area contributed by atoms with Gasteiger partial charge < -0.3 is 20.9 Å². The summed E-state index contributed by atoms with van der Waals surface area (Å²) in [4.78, 5) is 23.4. The highest BCUT2D eigenvalue weighted by atomic mass is 16.2. The minimum atomic E-state index is -0.209.